The van der Waals surface area contributed by atoms with Gasteiger partial charge in [0.25, 0.3) is 11.4 Å². The number of rotatable bonds is 5. The molecule has 0 aromatic heterocycles. The van der Waals surface area contributed by atoms with Crippen LogP contribution in [0.2, 0.25) is 0 Å². The lowest BCUT2D eigenvalue weighted by molar-refractivity contribution is -0.385. The van der Waals surface area contributed by atoms with E-state index in [-0.39, 0.29) is 11.4 Å². The summed E-state index contributed by atoms with van der Waals surface area (Å²) in [6, 6.07) is 10.9. The highest BCUT2D eigenvalue weighted by atomic mass is 16.6. The number of nitrogens with zero attached hydrogens (tertiary/aromatic N) is 2. The van der Waals surface area contributed by atoms with Crippen LogP contribution in [0, 0.1) is 27.2 Å². The average molecular weight is 287 g/mol. The monoisotopic (exact) mass is 287 g/mol. The van der Waals surface area contributed by atoms with E-state index in [0.717, 1.165) is 5.56 Å². The van der Waals surface area contributed by atoms with Gasteiger partial charge in [0.15, 0.2) is 0 Å². The number of hydrogen-bond donors (Lipinski definition) is 1. The van der Waals surface area contributed by atoms with Crippen molar-refractivity contribution in [3.8, 4) is 0 Å². The first-order valence-electron chi connectivity index (χ1n) is 6.20. The molecule has 0 radical (unpaired) electrons. The van der Waals surface area contributed by atoms with Gasteiger partial charge in [0.1, 0.15) is 0 Å². The van der Waals surface area contributed by atoms with Gasteiger partial charge in [-0.25, -0.2) is 0 Å². The molecule has 1 N–H and O–H groups in total. The van der Waals surface area contributed by atoms with Crippen molar-refractivity contribution < 1.29 is 9.85 Å². The van der Waals surface area contributed by atoms with Gasteiger partial charge in [-0.1, -0.05) is 12.1 Å². The van der Waals surface area contributed by atoms with Crippen LogP contribution in [0.5, 0.6) is 0 Å². The van der Waals surface area contributed by atoms with Crippen molar-refractivity contribution >= 4 is 17.1 Å². The highest BCUT2D eigenvalue weighted by Crippen LogP contribution is 2.22. The predicted molar refractivity (Wildman–Crippen MR) is 78.3 cm³/mol. The van der Waals surface area contributed by atoms with Crippen LogP contribution in [0.3, 0.4) is 0 Å². The van der Waals surface area contributed by atoms with E-state index >= 15 is 0 Å². The summed E-state index contributed by atoms with van der Waals surface area (Å²) in [4.78, 5) is 20.6. The fraction of sp³-hybridized carbons (Fsp3) is 0.143. The highest BCUT2D eigenvalue weighted by Gasteiger charge is 2.12. The minimum atomic E-state index is -0.464. The van der Waals surface area contributed by atoms with Crippen LogP contribution in [0.15, 0.2) is 42.5 Å². The molecule has 0 bridgehead atoms. The molecule has 0 saturated heterocycles. The molecule has 21 heavy (non-hydrogen) atoms. The molecule has 0 saturated carbocycles. The second-order valence-electron chi connectivity index (χ2n) is 4.48. The van der Waals surface area contributed by atoms with Gasteiger partial charge in [0.05, 0.1) is 9.85 Å². The van der Waals surface area contributed by atoms with Crippen molar-refractivity contribution in [2.75, 3.05) is 5.32 Å². The third-order valence-corrected chi connectivity index (χ3v) is 3.18. The van der Waals surface area contributed by atoms with Crippen molar-refractivity contribution in [3.05, 3.63) is 73.8 Å². The molecule has 0 unspecified atom stereocenters. The number of nitro groups is 2. The van der Waals surface area contributed by atoms with E-state index in [1.165, 1.54) is 18.2 Å². The smallest absolute Gasteiger partial charge is 0.272 e. The Morgan fingerprint density at radius 1 is 1.00 bits per heavy atom. The number of nitrogens with one attached hydrogen (secondary N) is 1. The largest absolute Gasteiger partial charge is 0.381 e. The Labute approximate surface area is 120 Å². The zero-order chi connectivity index (χ0) is 15.4. The van der Waals surface area contributed by atoms with Crippen LogP contribution in [0.25, 0.3) is 0 Å². The molecule has 108 valence electrons. The number of non-ortho nitro benzene ring substituents is 1. The lowest BCUT2D eigenvalue weighted by atomic mass is 10.1. The van der Waals surface area contributed by atoms with Crippen LogP contribution in [0.1, 0.15) is 11.1 Å². The lowest BCUT2D eigenvalue weighted by Crippen LogP contribution is -2.03. The van der Waals surface area contributed by atoms with Gasteiger partial charge in [-0.05, 0) is 24.6 Å². The SMILES string of the molecule is Cc1c(CNc2ccc([N+](=O)[O-])cc2)cccc1[N+](=O)[O-]. The maximum Gasteiger partial charge on any atom is 0.272 e. The van der Waals surface area contributed by atoms with Crippen LogP contribution in [0.4, 0.5) is 17.1 Å². The summed E-state index contributed by atoms with van der Waals surface area (Å²) in [6.45, 7) is 2.11. The standard InChI is InChI=1S/C14H13N3O4/c1-10-11(3-2-4-14(10)17(20)21)9-15-12-5-7-13(8-6-12)16(18)19/h2-8,15H,9H2,1H3. The van der Waals surface area contributed by atoms with E-state index in [1.807, 2.05) is 0 Å². The molecule has 0 spiro atoms. The Morgan fingerprint density at radius 2 is 1.67 bits per heavy atom. The molecule has 0 atom stereocenters. The molecule has 0 aliphatic carbocycles. The Hall–Kier alpha value is -2.96. The summed E-state index contributed by atoms with van der Waals surface area (Å²) in [5.74, 6) is 0. The second kappa shape index (κ2) is 6.00. The third-order valence-electron chi connectivity index (χ3n) is 3.18. The molecule has 0 aliphatic rings. The fourth-order valence-corrected chi connectivity index (χ4v) is 1.96. The molecule has 0 aliphatic heterocycles. The van der Waals surface area contributed by atoms with Crippen LogP contribution in [-0.2, 0) is 6.54 Å². The minimum Gasteiger partial charge on any atom is -0.381 e. The second-order valence-corrected chi connectivity index (χ2v) is 4.48. The highest BCUT2D eigenvalue weighted by molar-refractivity contribution is 5.50. The van der Waals surface area contributed by atoms with E-state index in [2.05, 4.69) is 5.32 Å². The molecule has 2 aromatic rings. The van der Waals surface area contributed by atoms with E-state index in [1.54, 1.807) is 31.2 Å². The molecule has 7 heteroatoms. The number of anilines is 1. The topological polar surface area (TPSA) is 98.3 Å². The zero-order valence-electron chi connectivity index (χ0n) is 11.3. The third kappa shape index (κ3) is 3.33. The van der Waals surface area contributed by atoms with E-state index in [4.69, 9.17) is 0 Å². The van der Waals surface area contributed by atoms with Crippen molar-refractivity contribution in [1.82, 2.24) is 0 Å². The maximum atomic E-state index is 10.9. The van der Waals surface area contributed by atoms with Gasteiger partial charge < -0.3 is 5.32 Å². The molecular weight excluding hydrogens is 274 g/mol. The number of benzene rings is 2. The predicted octanol–water partition coefficient (Wildman–Crippen LogP) is 3.42. The van der Waals surface area contributed by atoms with Crippen molar-refractivity contribution in [1.29, 1.82) is 0 Å². The Morgan fingerprint density at radius 3 is 2.24 bits per heavy atom. The summed E-state index contributed by atoms with van der Waals surface area (Å²) in [5, 5.41) is 24.5. The first-order chi connectivity index (χ1) is 9.99. The van der Waals surface area contributed by atoms with E-state index in [9.17, 15) is 20.2 Å². The van der Waals surface area contributed by atoms with Crippen molar-refractivity contribution in [2.24, 2.45) is 0 Å². The zero-order valence-corrected chi connectivity index (χ0v) is 11.3. The Kier molecular flexibility index (Phi) is 4.13. The van der Waals surface area contributed by atoms with Gasteiger partial charge in [-0.3, -0.25) is 20.2 Å². The van der Waals surface area contributed by atoms with E-state index < -0.39 is 9.85 Å². The molecule has 7 nitrogen and oxygen atoms in total. The fourth-order valence-electron chi connectivity index (χ4n) is 1.96. The van der Waals surface area contributed by atoms with Gasteiger partial charge in [0, 0.05) is 36.0 Å². The van der Waals surface area contributed by atoms with Crippen LogP contribution >= 0.6 is 0 Å². The summed E-state index contributed by atoms with van der Waals surface area (Å²) < 4.78 is 0. The van der Waals surface area contributed by atoms with Gasteiger partial charge in [-0.2, -0.15) is 0 Å². The Balaban J connectivity index is 2.11. The summed E-state index contributed by atoms with van der Waals surface area (Å²) in [5.41, 5.74) is 2.23. The van der Waals surface area contributed by atoms with Crippen LogP contribution < -0.4 is 5.32 Å². The quantitative estimate of drug-likeness (QED) is 0.671. The molecule has 2 rings (SSSR count). The van der Waals surface area contributed by atoms with E-state index in [0.29, 0.717) is 17.8 Å². The molecule has 0 heterocycles. The van der Waals surface area contributed by atoms with Crippen LogP contribution in [-0.4, -0.2) is 9.85 Å². The maximum absolute atomic E-state index is 10.9. The van der Waals surface area contributed by atoms with Gasteiger partial charge in [0.2, 0.25) is 0 Å². The molecule has 0 amide bonds. The number of nitro benzene ring substituents is 2. The van der Waals surface area contributed by atoms with Gasteiger partial charge >= 0.3 is 0 Å². The molecule has 2 aromatic carbocycles. The summed E-state index contributed by atoms with van der Waals surface area (Å²) in [7, 11) is 0. The average Bonchev–Trinajstić information content (AvgIpc) is 2.46. The molecule has 0 fully saturated rings. The minimum absolute atomic E-state index is 0.0204. The first kappa shape index (κ1) is 14.4. The van der Waals surface area contributed by atoms with Gasteiger partial charge in [-0.15, -0.1) is 0 Å². The van der Waals surface area contributed by atoms with Crippen molar-refractivity contribution in [3.63, 3.8) is 0 Å². The molecular formula is C14H13N3O4. The summed E-state index contributed by atoms with van der Waals surface area (Å²) in [6.07, 6.45) is 0. The Bertz CT molecular complexity index is 683. The first-order valence-corrected chi connectivity index (χ1v) is 6.20. The summed E-state index contributed by atoms with van der Waals surface area (Å²) >= 11 is 0. The lowest BCUT2D eigenvalue weighted by Gasteiger charge is -2.09. The number of hydrogen-bond acceptors (Lipinski definition) is 5. The van der Waals surface area contributed by atoms with Crippen molar-refractivity contribution in [2.45, 2.75) is 13.5 Å². The normalized spacial score (nSPS) is 10.1.